The third kappa shape index (κ3) is 4.59. The van der Waals surface area contributed by atoms with Crippen LogP contribution >= 0.6 is 23.2 Å². The molecule has 0 radical (unpaired) electrons. The minimum absolute atomic E-state index is 0.604. The number of nitrogens with zero attached hydrogens (tertiary/aromatic N) is 1. The van der Waals surface area contributed by atoms with Crippen LogP contribution in [0.3, 0.4) is 0 Å². The second-order valence-corrected chi connectivity index (χ2v) is 7.28. The molecule has 0 aliphatic carbocycles. The fraction of sp³-hybridized carbons (Fsp3) is 0.647. The quantitative estimate of drug-likeness (QED) is 0.884. The molecule has 1 N–H and O–H groups in total. The highest BCUT2D eigenvalue weighted by molar-refractivity contribution is 6.34. The highest BCUT2D eigenvalue weighted by Gasteiger charge is 2.25. The summed E-state index contributed by atoms with van der Waals surface area (Å²) < 4.78 is 5.53. The van der Waals surface area contributed by atoms with E-state index in [2.05, 4.69) is 10.2 Å². The number of halogens is 2. The van der Waals surface area contributed by atoms with Gasteiger partial charge in [-0.1, -0.05) is 23.2 Å². The molecule has 2 aliphatic heterocycles. The molecule has 2 fully saturated rings. The summed E-state index contributed by atoms with van der Waals surface area (Å²) in [5.74, 6) is 0.748. The van der Waals surface area contributed by atoms with Crippen molar-refractivity contribution < 1.29 is 4.74 Å². The van der Waals surface area contributed by atoms with Crippen molar-refractivity contribution in [2.75, 3.05) is 32.8 Å². The van der Waals surface area contributed by atoms with Crippen LogP contribution in [0.4, 0.5) is 0 Å². The summed E-state index contributed by atoms with van der Waals surface area (Å²) in [6, 6.07) is 6.47. The molecular weight excluding hydrogens is 319 g/mol. The van der Waals surface area contributed by atoms with Crippen molar-refractivity contribution in [3.05, 3.63) is 33.8 Å². The number of nitrogens with one attached hydrogen (secondary N) is 1. The molecule has 1 aromatic rings. The molecule has 2 aliphatic rings. The zero-order chi connectivity index (χ0) is 15.4. The minimum Gasteiger partial charge on any atom is -0.381 e. The molecule has 3 rings (SSSR count). The molecule has 2 saturated heterocycles. The maximum atomic E-state index is 6.16. The molecule has 0 spiro atoms. The molecule has 2 heterocycles. The van der Waals surface area contributed by atoms with E-state index >= 15 is 0 Å². The van der Waals surface area contributed by atoms with Gasteiger partial charge in [0.1, 0.15) is 0 Å². The van der Waals surface area contributed by atoms with E-state index in [1.54, 1.807) is 6.07 Å². The first kappa shape index (κ1) is 16.5. The number of hydrogen-bond donors (Lipinski definition) is 1. The van der Waals surface area contributed by atoms with Crippen LogP contribution in [-0.4, -0.2) is 43.8 Å². The molecule has 1 aromatic carbocycles. The van der Waals surface area contributed by atoms with Crippen LogP contribution in [0, 0.1) is 5.92 Å². The van der Waals surface area contributed by atoms with Gasteiger partial charge in [0, 0.05) is 42.4 Å². The average molecular weight is 343 g/mol. The highest BCUT2D eigenvalue weighted by Crippen LogP contribution is 2.24. The van der Waals surface area contributed by atoms with Crippen LogP contribution in [0.15, 0.2) is 18.2 Å². The molecule has 5 heteroatoms. The van der Waals surface area contributed by atoms with Crippen molar-refractivity contribution in [2.45, 2.75) is 31.8 Å². The summed E-state index contributed by atoms with van der Waals surface area (Å²) in [5.41, 5.74) is 1.20. The summed E-state index contributed by atoms with van der Waals surface area (Å²) in [4.78, 5) is 2.61. The topological polar surface area (TPSA) is 24.5 Å². The first-order valence-corrected chi connectivity index (χ1v) is 8.94. The molecule has 0 saturated carbocycles. The van der Waals surface area contributed by atoms with Crippen molar-refractivity contribution in [2.24, 2.45) is 5.92 Å². The molecule has 1 unspecified atom stereocenters. The van der Waals surface area contributed by atoms with Crippen molar-refractivity contribution in [3.63, 3.8) is 0 Å². The SMILES string of the molecule is Clc1cc(Cl)cc(CN(CC2CCNC2)C2CCOCC2)c1. The smallest absolute Gasteiger partial charge is 0.0480 e. The second-order valence-electron chi connectivity index (χ2n) is 6.41. The Morgan fingerprint density at radius 1 is 1.09 bits per heavy atom. The fourth-order valence-corrected chi connectivity index (χ4v) is 4.10. The molecule has 22 heavy (non-hydrogen) atoms. The summed E-state index contributed by atoms with van der Waals surface area (Å²) in [6.07, 6.45) is 3.51. The van der Waals surface area contributed by atoms with Crippen LogP contribution in [-0.2, 0) is 11.3 Å². The van der Waals surface area contributed by atoms with Gasteiger partial charge in [0.15, 0.2) is 0 Å². The zero-order valence-corrected chi connectivity index (χ0v) is 14.4. The van der Waals surface area contributed by atoms with Gasteiger partial charge in [0.2, 0.25) is 0 Å². The summed E-state index contributed by atoms with van der Waals surface area (Å²) >= 11 is 12.3. The maximum Gasteiger partial charge on any atom is 0.0480 e. The third-order valence-electron chi connectivity index (χ3n) is 4.67. The Hall–Kier alpha value is -0.320. The number of ether oxygens (including phenoxy) is 1. The minimum atomic E-state index is 0.604. The molecule has 0 amide bonds. The van der Waals surface area contributed by atoms with Gasteiger partial charge in [0.05, 0.1) is 0 Å². The van der Waals surface area contributed by atoms with E-state index < -0.39 is 0 Å². The number of benzene rings is 1. The van der Waals surface area contributed by atoms with Crippen LogP contribution in [0.2, 0.25) is 10.0 Å². The van der Waals surface area contributed by atoms with E-state index in [1.807, 2.05) is 12.1 Å². The number of hydrogen-bond acceptors (Lipinski definition) is 3. The van der Waals surface area contributed by atoms with E-state index in [1.165, 1.54) is 12.0 Å². The Bertz CT molecular complexity index is 465. The molecule has 3 nitrogen and oxygen atoms in total. The molecule has 0 aromatic heterocycles. The van der Waals surface area contributed by atoms with E-state index in [4.69, 9.17) is 27.9 Å². The highest BCUT2D eigenvalue weighted by atomic mass is 35.5. The largest absolute Gasteiger partial charge is 0.381 e. The predicted octanol–water partition coefficient (Wildman–Crippen LogP) is 3.58. The van der Waals surface area contributed by atoms with Gasteiger partial charge < -0.3 is 10.1 Å². The Kier molecular flexibility index (Phi) is 6.00. The Labute approximate surface area is 142 Å². The van der Waals surface area contributed by atoms with Gasteiger partial charge in [-0.3, -0.25) is 4.90 Å². The van der Waals surface area contributed by atoms with Gasteiger partial charge >= 0.3 is 0 Å². The summed E-state index contributed by atoms with van der Waals surface area (Å²) in [5, 5.41) is 4.91. The van der Waals surface area contributed by atoms with Crippen LogP contribution in [0.1, 0.15) is 24.8 Å². The Morgan fingerprint density at radius 3 is 2.45 bits per heavy atom. The van der Waals surface area contributed by atoms with Gasteiger partial charge in [-0.25, -0.2) is 0 Å². The van der Waals surface area contributed by atoms with Crippen molar-refractivity contribution >= 4 is 23.2 Å². The van der Waals surface area contributed by atoms with Gasteiger partial charge in [0.25, 0.3) is 0 Å². The standard InChI is InChI=1S/C17H24Cl2N2O/c18-15-7-14(8-16(19)9-15)12-21(11-13-1-4-20-10-13)17-2-5-22-6-3-17/h7-9,13,17,20H,1-6,10-12H2. The van der Waals surface area contributed by atoms with Crippen LogP contribution < -0.4 is 5.32 Å². The lowest BCUT2D eigenvalue weighted by Gasteiger charge is -2.36. The lowest BCUT2D eigenvalue weighted by molar-refractivity contribution is 0.0259. The molecule has 0 bridgehead atoms. The molecule has 1 atom stereocenters. The lowest BCUT2D eigenvalue weighted by atomic mass is 10.0. The first-order chi connectivity index (χ1) is 10.7. The summed E-state index contributed by atoms with van der Waals surface area (Å²) in [6.45, 7) is 6.09. The number of rotatable bonds is 5. The van der Waals surface area contributed by atoms with Gasteiger partial charge in [-0.15, -0.1) is 0 Å². The second kappa shape index (κ2) is 7.98. The molecule has 122 valence electrons. The summed E-state index contributed by atoms with van der Waals surface area (Å²) in [7, 11) is 0. The van der Waals surface area contributed by atoms with E-state index in [9.17, 15) is 0 Å². The fourth-order valence-electron chi connectivity index (χ4n) is 3.53. The lowest BCUT2D eigenvalue weighted by Crippen LogP contribution is -2.42. The predicted molar refractivity (Wildman–Crippen MR) is 91.7 cm³/mol. The zero-order valence-electron chi connectivity index (χ0n) is 12.9. The van der Waals surface area contributed by atoms with Crippen molar-refractivity contribution in [1.82, 2.24) is 10.2 Å². The van der Waals surface area contributed by atoms with Crippen molar-refractivity contribution in [3.8, 4) is 0 Å². The van der Waals surface area contributed by atoms with E-state index in [-0.39, 0.29) is 0 Å². The van der Waals surface area contributed by atoms with Gasteiger partial charge in [-0.2, -0.15) is 0 Å². The van der Waals surface area contributed by atoms with Crippen LogP contribution in [0.5, 0.6) is 0 Å². The normalized spacial score (nSPS) is 23.3. The monoisotopic (exact) mass is 342 g/mol. The van der Waals surface area contributed by atoms with Crippen LogP contribution in [0.25, 0.3) is 0 Å². The van der Waals surface area contributed by atoms with Gasteiger partial charge in [-0.05, 0) is 62.0 Å². The molecular formula is C17H24Cl2N2O. The van der Waals surface area contributed by atoms with E-state index in [0.717, 1.165) is 68.2 Å². The van der Waals surface area contributed by atoms with Crippen molar-refractivity contribution in [1.29, 1.82) is 0 Å². The average Bonchev–Trinajstić information content (AvgIpc) is 2.99. The Balaban J connectivity index is 1.71. The first-order valence-electron chi connectivity index (χ1n) is 8.18. The maximum absolute atomic E-state index is 6.16. The third-order valence-corrected chi connectivity index (χ3v) is 5.11. The Morgan fingerprint density at radius 2 is 1.82 bits per heavy atom. The van der Waals surface area contributed by atoms with E-state index in [0.29, 0.717) is 6.04 Å².